The highest BCUT2D eigenvalue weighted by atomic mass is 15.3. The Balaban J connectivity index is 2.87. The predicted molar refractivity (Wildman–Crippen MR) is 75.4 cm³/mol. The first kappa shape index (κ1) is 14.7. The molecule has 0 aliphatic carbocycles. The molecule has 6 nitrogen and oxygen atoms in total. The van der Waals surface area contributed by atoms with Crippen molar-refractivity contribution in [1.29, 1.82) is 0 Å². The molecule has 1 unspecified atom stereocenters. The summed E-state index contributed by atoms with van der Waals surface area (Å²) in [5, 5.41) is 3.46. The van der Waals surface area contributed by atoms with Crippen LogP contribution >= 0.6 is 0 Å². The van der Waals surface area contributed by atoms with Crippen LogP contribution in [0.5, 0.6) is 0 Å². The molecule has 1 rings (SSSR count). The van der Waals surface area contributed by atoms with Gasteiger partial charge in [0.05, 0.1) is 0 Å². The molecule has 1 aromatic heterocycles. The Kier molecular flexibility index (Phi) is 5.30. The Morgan fingerprint density at radius 2 is 1.89 bits per heavy atom. The van der Waals surface area contributed by atoms with Crippen molar-refractivity contribution in [3.05, 3.63) is 11.9 Å². The van der Waals surface area contributed by atoms with Gasteiger partial charge in [-0.3, -0.25) is 0 Å². The molecule has 1 heterocycles. The molecule has 18 heavy (non-hydrogen) atoms. The Hall–Kier alpha value is -1.40. The average molecular weight is 252 g/mol. The Morgan fingerprint density at radius 3 is 2.39 bits per heavy atom. The third-order valence-electron chi connectivity index (χ3n) is 2.91. The van der Waals surface area contributed by atoms with E-state index in [1.165, 1.54) is 6.33 Å². The first-order valence-electron chi connectivity index (χ1n) is 6.15. The molecule has 0 amide bonds. The van der Waals surface area contributed by atoms with Gasteiger partial charge in [0.25, 0.3) is 0 Å². The van der Waals surface area contributed by atoms with E-state index in [4.69, 9.17) is 5.84 Å². The first-order valence-corrected chi connectivity index (χ1v) is 6.15. The number of aromatic nitrogens is 2. The second kappa shape index (κ2) is 6.51. The summed E-state index contributed by atoms with van der Waals surface area (Å²) < 4.78 is 0. The molecular formula is C12H24N6. The number of nitrogens with zero attached hydrogens (tertiary/aromatic N) is 3. The van der Waals surface area contributed by atoms with Crippen molar-refractivity contribution in [2.24, 2.45) is 11.8 Å². The highest BCUT2D eigenvalue weighted by molar-refractivity contribution is 5.56. The third-order valence-corrected chi connectivity index (χ3v) is 2.91. The van der Waals surface area contributed by atoms with Crippen LogP contribution in [0, 0.1) is 12.8 Å². The SMILES string of the molecule is Cc1c(NN)ncnc1NC(CN(C)C)C(C)C. The molecule has 6 heteroatoms. The van der Waals surface area contributed by atoms with Gasteiger partial charge in [0, 0.05) is 18.2 Å². The van der Waals surface area contributed by atoms with Crippen molar-refractivity contribution < 1.29 is 0 Å². The summed E-state index contributed by atoms with van der Waals surface area (Å²) in [6.45, 7) is 7.29. The zero-order chi connectivity index (χ0) is 13.7. The molecule has 0 aliphatic rings. The normalized spacial score (nSPS) is 12.9. The molecule has 0 spiro atoms. The summed E-state index contributed by atoms with van der Waals surface area (Å²) in [5.74, 6) is 7.41. The van der Waals surface area contributed by atoms with Gasteiger partial charge in [-0.05, 0) is 26.9 Å². The summed E-state index contributed by atoms with van der Waals surface area (Å²) in [6.07, 6.45) is 1.51. The van der Waals surface area contributed by atoms with Crippen molar-refractivity contribution in [2.45, 2.75) is 26.8 Å². The average Bonchev–Trinajstić information content (AvgIpc) is 2.30. The van der Waals surface area contributed by atoms with E-state index >= 15 is 0 Å². The van der Waals surface area contributed by atoms with Gasteiger partial charge in [0.2, 0.25) is 0 Å². The topological polar surface area (TPSA) is 79.1 Å². The zero-order valence-electron chi connectivity index (χ0n) is 11.9. The van der Waals surface area contributed by atoms with Crippen LogP contribution in [-0.2, 0) is 0 Å². The van der Waals surface area contributed by atoms with E-state index in [0.717, 1.165) is 17.9 Å². The smallest absolute Gasteiger partial charge is 0.148 e. The second-order valence-electron chi connectivity index (χ2n) is 5.10. The summed E-state index contributed by atoms with van der Waals surface area (Å²) >= 11 is 0. The van der Waals surface area contributed by atoms with Crippen molar-refractivity contribution in [2.75, 3.05) is 31.4 Å². The van der Waals surface area contributed by atoms with E-state index in [1.54, 1.807) is 0 Å². The van der Waals surface area contributed by atoms with Crippen LogP contribution in [0.4, 0.5) is 11.6 Å². The fourth-order valence-electron chi connectivity index (χ4n) is 1.73. The number of hydrogen-bond donors (Lipinski definition) is 3. The molecular weight excluding hydrogens is 228 g/mol. The van der Waals surface area contributed by atoms with E-state index in [1.807, 2.05) is 6.92 Å². The quantitative estimate of drug-likeness (QED) is 0.519. The number of rotatable bonds is 6. The van der Waals surface area contributed by atoms with E-state index in [9.17, 15) is 0 Å². The van der Waals surface area contributed by atoms with Gasteiger partial charge < -0.3 is 15.6 Å². The number of hydrogen-bond acceptors (Lipinski definition) is 6. The Bertz CT molecular complexity index is 377. The molecule has 0 aliphatic heterocycles. The molecule has 102 valence electrons. The van der Waals surface area contributed by atoms with Crippen molar-refractivity contribution in [3.63, 3.8) is 0 Å². The summed E-state index contributed by atoms with van der Waals surface area (Å²) in [4.78, 5) is 10.5. The van der Waals surface area contributed by atoms with Crippen molar-refractivity contribution in [3.8, 4) is 0 Å². The van der Waals surface area contributed by atoms with Crippen LogP contribution in [0.15, 0.2) is 6.33 Å². The molecule has 0 bridgehead atoms. The Morgan fingerprint density at radius 1 is 1.28 bits per heavy atom. The largest absolute Gasteiger partial charge is 0.365 e. The monoisotopic (exact) mass is 252 g/mol. The fourth-order valence-corrected chi connectivity index (χ4v) is 1.73. The van der Waals surface area contributed by atoms with Crippen molar-refractivity contribution in [1.82, 2.24) is 14.9 Å². The second-order valence-corrected chi connectivity index (χ2v) is 5.10. The first-order chi connectivity index (χ1) is 8.45. The standard InChI is InChI=1S/C12H24N6/c1-8(2)10(6-18(4)5)16-11-9(3)12(17-13)15-7-14-11/h7-8,10H,6,13H2,1-5H3,(H2,14,15,16,17). The van der Waals surface area contributed by atoms with E-state index in [-0.39, 0.29) is 0 Å². The number of hydrazine groups is 1. The molecule has 4 N–H and O–H groups in total. The number of likely N-dealkylation sites (N-methyl/N-ethyl adjacent to an activating group) is 1. The van der Waals surface area contributed by atoms with Gasteiger partial charge in [-0.25, -0.2) is 15.8 Å². The van der Waals surface area contributed by atoms with Crippen LogP contribution in [-0.4, -0.2) is 41.5 Å². The minimum absolute atomic E-state index is 0.333. The molecule has 1 atom stereocenters. The van der Waals surface area contributed by atoms with Crippen LogP contribution in [0.25, 0.3) is 0 Å². The zero-order valence-corrected chi connectivity index (χ0v) is 11.9. The lowest BCUT2D eigenvalue weighted by molar-refractivity contribution is 0.344. The number of nitrogens with one attached hydrogen (secondary N) is 2. The maximum Gasteiger partial charge on any atom is 0.148 e. The molecule has 0 radical (unpaired) electrons. The van der Waals surface area contributed by atoms with E-state index in [2.05, 4.69) is 53.6 Å². The highest BCUT2D eigenvalue weighted by Crippen LogP contribution is 2.19. The third kappa shape index (κ3) is 3.82. The molecule has 1 aromatic rings. The van der Waals surface area contributed by atoms with Crippen molar-refractivity contribution >= 4 is 11.6 Å². The van der Waals surface area contributed by atoms with Crippen LogP contribution in [0.2, 0.25) is 0 Å². The summed E-state index contributed by atoms with van der Waals surface area (Å²) in [5.41, 5.74) is 3.51. The molecule has 0 saturated carbocycles. The van der Waals surface area contributed by atoms with Crippen LogP contribution in [0.1, 0.15) is 19.4 Å². The number of anilines is 2. The molecule has 0 fully saturated rings. The van der Waals surface area contributed by atoms with Crippen LogP contribution < -0.4 is 16.6 Å². The maximum atomic E-state index is 5.41. The van der Waals surface area contributed by atoms with Gasteiger partial charge in [-0.2, -0.15) is 0 Å². The van der Waals surface area contributed by atoms with E-state index < -0.39 is 0 Å². The molecule has 0 aromatic carbocycles. The predicted octanol–water partition coefficient (Wildman–Crippen LogP) is 1.07. The van der Waals surface area contributed by atoms with Gasteiger partial charge in [-0.1, -0.05) is 13.8 Å². The number of nitrogens with two attached hydrogens (primary N) is 1. The lowest BCUT2D eigenvalue weighted by Gasteiger charge is -2.26. The van der Waals surface area contributed by atoms with Crippen LogP contribution in [0.3, 0.4) is 0 Å². The summed E-state index contributed by atoms with van der Waals surface area (Å²) in [7, 11) is 4.13. The van der Waals surface area contributed by atoms with Gasteiger partial charge in [0.15, 0.2) is 0 Å². The Labute approximate surface area is 109 Å². The highest BCUT2D eigenvalue weighted by Gasteiger charge is 2.16. The summed E-state index contributed by atoms with van der Waals surface area (Å²) in [6, 6.07) is 0.333. The van der Waals surface area contributed by atoms with Gasteiger partial charge >= 0.3 is 0 Å². The van der Waals surface area contributed by atoms with E-state index in [0.29, 0.717) is 17.8 Å². The number of nitrogen functional groups attached to an aromatic ring is 1. The lowest BCUT2D eigenvalue weighted by Crippen LogP contribution is -2.37. The lowest BCUT2D eigenvalue weighted by atomic mass is 10.0. The molecule has 0 saturated heterocycles. The maximum absolute atomic E-state index is 5.41. The van der Waals surface area contributed by atoms with Gasteiger partial charge in [0.1, 0.15) is 18.0 Å². The fraction of sp³-hybridized carbons (Fsp3) is 0.667. The minimum Gasteiger partial charge on any atom is -0.365 e. The minimum atomic E-state index is 0.333. The van der Waals surface area contributed by atoms with Gasteiger partial charge in [-0.15, -0.1) is 0 Å².